The molecule has 3 rings (SSSR count). The van der Waals surface area contributed by atoms with Crippen molar-refractivity contribution in [3.63, 3.8) is 0 Å². The Morgan fingerprint density at radius 3 is 1.94 bits per heavy atom. The summed E-state index contributed by atoms with van der Waals surface area (Å²) in [6.07, 6.45) is 0. The van der Waals surface area contributed by atoms with Crippen LogP contribution in [0, 0.1) is 0 Å². The molecule has 1 nitrogen and oxygen atoms in total. The van der Waals surface area contributed by atoms with Crippen molar-refractivity contribution >= 4 is 34.4 Å². The second-order valence-corrected chi connectivity index (χ2v) is 4.84. The van der Waals surface area contributed by atoms with Gasteiger partial charge >= 0.3 is 0 Å². The zero-order valence-corrected chi connectivity index (χ0v) is 11.0. The van der Waals surface area contributed by atoms with Crippen molar-refractivity contribution in [1.29, 1.82) is 0 Å². The zero-order chi connectivity index (χ0) is 12.5. The third-order valence-corrected chi connectivity index (χ3v) is 3.73. The van der Waals surface area contributed by atoms with Crippen molar-refractivity contribution in [3.8, 4) is 0 Å². The van der Waals surface area contributed by atoms with E-state index in [0.717, 1.165) is 17.9 Å². The van der Waals surface area contributed by atoms with Crippen LogP contribution in [0.4, 0.5) is 0 Å². The summed E-state index contributed by atoms with van der Waals surface area (Å²) < 4.78 is 2.32. The standard InChI is InChI=1S/C16H15NS/c1-12(11-18)10-17-15-8-4-2-6-13(15)14-7-3-5-9-16(14)17/h2-9,18H,1,10-11H2. The van der Waals surface area contributed by atoms with Crippen LogP contribution in [0.3, 0.4) is 0 Å². The molecule has 1 heterocycles. The minimum atomic E-state index is 0.723. The summed E-state index contributed by atoms with van der Waals surface area (Å²) in [5.74, 6) is 0.723. The highest BCUT2D eigenvalue weighted by atomic mass is 32.1. The quantitative estimate of drug-likeness (QED) is 0.525. The van der Waals surface area contributed by atoms with Gasteiger partial charge in [-0.2, -0.15) is 12.6 Å². The van der Waals surface area contributed by atoms with E-state index in [9.17, 15) is 0 Å². The van der Waals surface area contributed by atoms with Crippen molar-refractivity contribution in [2.24, 2.45) is 0 Å². The Hall–Kier alpha value is -1.67. The number of para-hydroxylation sites is 2. The van der Waals surface area contributed by atoms with Gasteiger partial charge in [-0.15, -0.1) is 0 Å². The maximum atomic E-state index is 4.30. The third-order valence-electron chi connectivity index (χ3n) is 3.29. The molecular weight excluding hydrogens is 238 g/mol. The van der Waals surface area contributed by atoms with Gasteiger partial charge in [0.05, 0.1) is 0 Å². The molecule has 0 unspecified atom stereocenters. The molecule has 0 aliphatic rings. The lowest BCUT2D eigenvalue weighted by molar-refractivity contribution is 0.856. The minimum Gasteiger partial charge on any atom is -0.336 e. The molecule has 1 aromatic heterocycles. The van der Waals surface area contributed by atoms with E-state index in [1.165, 1.54) is 21.8 Å². The van der Waals surface area contributed by atoms with Gasteiger partial charge in [0, 0.05) is 34.1 Å². The molecule has 0 saturated carbocycles. The van der Waals surface area contributed by atoms with Gasteiger partial charge in [-0.1, -0.05) is 43.0 Å². The first-order chi connectivity index (χ1) is 8.81. The SMILES string of the molecule is C=C(CS)Cn1c2ccccc2c2ccccc21. The van der Waals surface area contributed by atoms with Crippen LogP contribution >= 0.6 is 12.6 Å². The largest absolute Gasteiger partial charge is 0.336 e. The van der Waals surface area contributed by atoms with Crippen LogP contribution in [0.25, 0.3) is 21.8 Å². The molecule has 3 aromatic rings. The molecule has 2 aromatic carbocycles. The maximum Gasteiger partial charge on any atom is 0.0494 e. The van der Waals surface area contributed by atoms with Gasteiger partial charge in [0.25, 0.3) is 0 Å². The van der Waals surface area contributed by atoms with E-state index in [4.69, 9.17) is 0 Å². The molecule has 0 saturated heterocycles. The van der Waals surface area contributed by atoms with Gasteiger partial charge in [0.15, 0.2) is 0 Å². The lowest BCUT2D eigenvalue weighted by Gasteiger charge is -2.08. The van der Waals surface area contributed by atoms with Gasteiger partial charge in [-0.3, -0.25) is 0 Å². The Bertz CT molecular complexity index is 671. The first-order valence-corrected chi connectivity index (χ1v) is 6.68. The summed E-state index contributed by atoms with van der Waals surface area (Å²) in [5, 5.41) is 2.61. The van der Waals surface area contributed by atoms with Crippen molar-refractivity contribution in [2.75, 3.05) is 5.75 Å². The van der Waals surface area contributed by atoms with Crippen molar-refractivity contribution in [3.05, 3.63) is 60.7 Å². The summed E-state index contributed by atoms with van der Waals surface area (Å²) in [6, 6.07) is 17.0. The monoisotopic (exact) mass is 253 g/mol. The number of aromatic nitrogens is 1. The second kappa shape index (κ2) is 4.54. The normalized spacial score (nSPS) is 11.2. The predicted molar refractivity (Wildman–Crippen MR) is 82.4 cm³/mol. The molecule has 0 fully saturated rings. The summed E-state index contributed by atoms with van der Waals surface area (Å²) in [5.41, 5.74) is 3.66. The highest BCUT2D eigenvalue weighted by molar-refractivity contribution is 7.80. The van der Waals surface area contributed by atoms with E-state index in [1.54, 1.807) is 0 Å². The fourth-order valence-corrected chi connectivity index (χ4v) is 2.55. The van der Waals surface area contributed by atoms with Crippen LogP contribution in [0.5, 0.6) is 0 Å². The number of nitrogens with zero attached hydrogens (tertiary/aromatic N) is 1. The molecule has 0 aliphatic carbocycles. The Morgan fingerprint density at radius 1 is 0.944 bits per heavy atom. The van der Waals surface area contributed by atoms with Crippen LogP contribution in [0.2, 0.25) is 0 Å². The lowest BCUT2D eigenvalue weighted by atomic mass is 10.2. The van der Waals surface area contributed by atoms with Gasteiger partial charge in [-0.25, -0.2) is 0 Å². The Balaban J connectivity index is 2.34. The molecule has 18 heavy (non-hydrogen) atoms. The van der Waals surface area contributed by atoms with Gasteiger partial charge in [0.2, 0.25) is 0 Å². The number of benzene rings is 2. The smallest absolute Gasteiger partial charge is 0.0494 e. The lowest BCUT2D eigenvalue weighted by Crippen LogP contribution is -2.00. The predicted octanol–water partition coefficient (Wildman–Crippen LogP) is 4.28. The highest BCUT2D eigenvalue weighted by Gasteiger charge is 2.09. The van der Waals surface area contributed by atoms with Gasteiger partial charge in [-0.05, 0) is 17.7 Å². The first kappa shape index (κ1) is 11.4. The van der Waals surface area contributed by atoms with Crippen LogP contribution in [0.1, 0.15) is 0 Å². The summed E-state index contributed by atoms with van der Waals surface area (Å²) in [7, 11) is 0. The molecular formula is C16H15NS. The van der Waals surface area contributed by atoms with Crippen LogP contribution in [-0.4, -0.2) is 10.3 Å². The first-order valence-electron chi connectivity index (χ1n) is 6.05. The minimum absolute atomic E-state index is 0.723. The Kier molecular flexibility index (Phi) is 2.88. The fourth-order valence-electron chi connectivity index (χ4n) is 2.45. The molecule has 0 spiro atoms. The van der Waals surface area contributed by atoms with E-state index < -0.39 is 0 Å². The van der Waals surface area contributed by atoms with Crippen LogP contribution in [-0.2, 0) is 6.54 Å². The summed E-state index contributed by atoms with van der Waals surface area (Å²) in [6.45, 7) is 4.90. The summed E-state index contributed by atoms with van der Waals surface area (Å²) in [4.78, 5) is 0. The molecule has 0 radical (unpaired) electrons. The molecule has 2 heteroatoms. The van der Waals surface area contributed by atoms with Gasteiger partial charge < -0.3 is 4.57 Å². The topological polar surface area (TPSA) is 4.93 Å². The second-order valence-electron chi connectivity index (χ2n) is 4.53. The number of hydrogen-bond acceptors (Lipinski definition) is 1. The molecule has 0 bridgehead atoms. The number of rotatable bonds is 3. The van der Waals surface area contributed by atoms with Crippen molar-refractivity contribution in [2.45, 2.75) is 6.54 Å². The zero-order valence-electron chi connectivity index (χ0n) is 10.1. The van der Waals surface area contributed by atoms with E-state index in [1.807, 2.05) is 0 Å². The molecule has 0 atom stereocenters. The molecule has 0 N–H and O–H groups in total. The van der Waals surface area contributed by atoms with Crippen molar-refractivity contribution < 1.29 is 0 Å². The highest BCUT2D eigenvalue weighted by Crippen LogP contribution is 2.29. The summed E-state index contributed by atoms with van der Waals surface area (Å²) >= 11 is 4.30. The van der Waals surface area contributed by atoms with Crippen molar-refractivity contribution in [1.82, 2.24) is 4.57 Å². The number of fused-ring (bicyclic) bond motifs is 3. The van der Waals surface area contributed by atoms with E-state index >= 15 is 0 Å². The van der Waals surface area contributed by atoms with Crippen LogP contribution < -0.4 is 0 Å². The molecule has 0 amide bonds. The maximum absolute atomic E-state index is 4.30. The Morgan fingerprint density at radius 2 is 1.44 bits per heavy atom. The Labute approximate surface area is 112 Å². The van der Waals surface area contributed by atoms with Gasteiger partial charge in [0.1, 0.15) is 0 Å². The van der Waals surface area contributed by atoms with E-state index in [-0.39, 0.29) is 0 Å². The fraction of sp³-hybridized carbons (Fsp3) is 0.125. The van der Waals surface area contributed by atoms with Crippen LogP contribution in [0.15, 0.2) is 60.7 Å². The van der Waals surface area contributed by atoms with E-state index in [2.05, 4.69) is 72.3 Å². The molecule has 0 aliphatic heterocycles. The average Bonchev–Trinajstić information content (AvgIpc) is 2.74. The third kappa shape index (κ3) is 1.73. The number of thiol groups is 1. The number of hydrogen-bond donors (Lipinski definition) is 1. The average molecular weight is 253 g/mol. The molecule has 90 valence electrons. The van der Waals surface area contributed by atoms with E-state index in [0.29, 0.717) is 0 Å².